The molecule has 2 N–H and O–H groups in total. The van der Waals surface area contributed by atoms with Crippen LogP contribution in [0.2, 0.25) is 0 Å². The minimum absolute atomic E-state index is 0.118. The van der Waals surface area contributed by atoms with E-state index in [1.807, 2.05) is 24.3 Å². The lowest BCUT2D eigenvalue weighted by atomic mass is 10.2. The summed E-state index contributed by atoms with van der Waals surface area (Å²) in [5, 5.41) is 6.15. The third-order valence-corrected chi connectivity index (χ3v) is 3.91. The van der Waals surface area contributed by atoms with Crippen molar-refractivity contribution in [2.45, 2.75) is 6.18 Å². The molecule has 0 bridgehead atoms. The number of carbonyl (C=O) groups is 1. The van der Waals surface area contributed by atoms with Crippen LogP contribution < -0.4 is 10.6 Å². The Morgan fingerprint density at radius 2 is 1.89 bits per heavy atom. The molecule has 1 amide bonds. The number of hydrogen-bond donors (Lipinski definition) is 2. The van der Waals surface area contributed by atoms with E-state index in [1.54, 1.807) is 18.2 Å². The van der Waals surface area contributed by atoms with E-state index in [-0.39, 0.29) is 6.08 Å². The molecule has 1 aromatic heterocycles. The number of nitrogens with zero attached hydrogens (tertiary/aromatic N) is 2. The Bertz CT molecular complexity index is 1020. The number of fused-ring (bicyclic) bond motifs is 1. The highest BCUT2D eigenvalue weighted by Gasteiger charge is 2.22. The number of aromatic nitrogens is 2. The highest BCUT2D eigenvalue weighted by molar-refractivity contribution is 9.10. The molecule has 2 aromatic carbocycles. The summed E-state index contributed by atoms with van der Waals surface area (Å²) >= 11 is 3.39. The van der Waals surface area contributed by atoms with Crippen molar-refractivity contribution in [3.8, 4) is 0 Å². The van der Waals surface area contributed by atoms with Crippen LogP contribution in [0.4, 0.5) is 30.4 Å². The van der Waals surface area contributed by atoms with E-state index in [0.29, 0.717) is 28.5 Å². The largest absolute Gasteiger partial charge is 0.409 e. The smallest absolute Gasteiger partial charge is 0.340 e. The topological polar surface area (TPSA) is 66.9 Å². The maximum absolute atomic E-state index is 12.2. The fourth-order valence-corrected chi connectivity index (χ4v) is 2.69. The fraction of sp³-hybridized carbons (Fsp3) is 0.0556. The molecule has 5 nitrogen and oxygen atoms in total. The first-order valence-corrected chi connectivity index (χ1v) is 8.44. The first kappa shape index (κ1) is 18.8. The maximum atomic E-state index is 12.2. The van der Waals surface area contributed by atoms with Crippen LogP contribution in [0.3, 0.4) is 0 Å². The molecule has 0 aliphatic heterocycles. The molecule has 0 aliphatic carbocycles. The number of anilines is 3. The lowest BCUT2D eigenvalue weighted by molar-refractivity contribution is -0.112. The van der Waals surface area contributed by atoms with Crippen LogP contribution in [0.1, 0.15) is 0 Å². The Morgan fingerprint density at radius 1 is 1.07 bits per heavy atom. The van der Waals surface area contributed by atoms with Crippen molar-refractivity contribution in [1.29, 1.82) is 0 Å². The van der Waals surface area contributed by atoms with E-state index < -0.39 is 12.1 Å². The molecule has 0 spiro atoms. The van der Waals surface area contributed by atoms with Crippen molar-refractivity contribution < 1.29 is 18.0 Å². The summed E-state index contributed by atoms with van der Waals surface area (Å²) in [6, 6.07) is 12.2. The van der Waals surface area contributed by atoms with Crippen LogP contribution in [0.15, 0.2) is 65.4 Å². The van der Waals surface area contributed by atoms with Crippen molar-refractivity contribution in [2.75, 3.05) is 10.6 Å². The molecule has 1 heterocycles. The van der Waals surface area contributed by atoms with Gasteiger partial charge < -0.3 is 10.6 Å². The molecule has 0 radical (unpaired) electrons. The van der Waals surface area contributed by atoms with Gasteiger partial charge in [0.15, 0.2) is 0 Å². The zero-order chi connectivity index (χ0) is 19.4. The molecule has 0 aliphatic rings. The number of amides is 1. The molecule has 3 aromatic rings. The zero-order valence-corrected chi connectivity index (χ0v) is 15.2. The Hall–Kier alpha value is -2.94. The predicted molar refractivity (Wildman–Crippen MR) is 101 cm³/mol. The van der Waals surface area contributed by atoms with Gasteiger partial charge in [0.05, 0.1) is 5.52 Å². The monoisotopic (exact) mass is 436 g/mol. The van der Waals surface area contributed by atoms with Crippen LogP contribution in [0.5, 0.6) is 0 Å². The van der Waals surface area contributed by atoms with Gasteiger partial charge in [-0.2, -0.15) is 13.2 Å². The maximum Gasteiger partial charge on any atom is 0.409 e. The van der Waals surface area contributed by atoms with Gasteiger partial charge in [-0.3, -0.25) is 4.79 Å². The van der Waals surface area contributed by atoms with Crippen molar-refractivity contribution in [3.63, 3.8) is 0 Å². The molecule has 0 fully saturated rings. The Morgan fingerprint density at radius 3 is 2.63 bits per heavy atom. The number of alkyl halides is 3. The lowest BCUT2D eigenvalue weighted by Gasteiger charge is -2.10. The number of nitrogens with one attached hydrogen (secondary N) is 2. The highest BCUT2D eigenvalue weighted by atomic mass is 79.9. The predicted octanol–water partition coefficient (Wildman–Crippen LogP) is 5.19. The summed E-state index contributed by atoms with van der Waals surface area (Å²) in [5.41, 5.74) is 1.73. The van der Waals surface area contributed by atoms with Gasteiger partial charge in [-0.05, 0) is 36.4 Å². The lowest BCUT2D eigenvalue weighted by Crippen LogP contribution is -2.10. The standard InChI is InChI=1S/C18H12BrF3N4O/c19-11-2-1-3-12(8-11)26-17-14-9-13(4-5-15(14)23-10-24-17)25-16(27)6-7-18(20,21)22/h1-10H,(H,25,27)(H,23,24,26)/b7-6+. The number of hydrogen-bond acceptors (Lipinski definition) is 4. The highest BCUT2D eigenvalue weighted by Crippen LogP contribution is 2.27. The molecule has 27 heavy (non-hydrogen) atoms. The van der Waals surface area contributed by atoms with Crippen LogP contribution >= 0.6 is 15.9 Å². The van der Waals surface area contributed by atoms with Crippen LogP contribution in [-0.4, -0.2) is 22.1 Å². The van der Waals surface area contributed by atoms with Gasteiger partial charge in [-0.25, -0.2) is 9.97 Å². The summed E-state index contributed by atoms with van der Waals surface area (Å²) in [6.07, 6.45) is -2.83. The molecule has 0 unspecified atom stereocenters. The van der Waals surface area contributed by atoms with Crippen LogP contribution in [-0.2, 0) is 4.79 Å². The second-order valence-corrected chi connectivity index (χ2v) is 6.37. The second-order valence-electron chi connectivity index (χ2n) is 5.45. The average molecular weight is 437 g/mol. The van der Waals surface area contributed by atoms with E-state index in [2.05, 4.69) is 36.5 Å². The molecule has 0 atom stereocenters. The summed E-state index contributed by atoms with van der Waals surface area (Å²) in [6.45, 7) is 0. The third-order valence-electron chi connectivity index (χ3n) is 3.41. The minimum atomic E-state index is -4.55. The SMILES string of the molecule is O=C(/C=C/C(F)(F)F)Nc1ccc2ncnc(Nc3cccc(Br)c3)c2c1. The first-order chi connectivity index (χ1) is 12.8. The van der Waals surface area contributed by atoms with E-state index in [1.165, 1.54) is 6.33 Å². The summed E-state index contributed by atoms with van der Waals surface area (Å²) in [5.74, 6) is -0.384. The van der Waals surface area contributed by atoms with Gasteiger partial charge in [-0.15, -0.1) is 0 Å². The van der Waals surface area contributed by atoms with Gasteiger partial charge in [-0.1, -0.05) is 22.0 Å². The van der Waals surface area contributed by atoms with Gasteiger partial charge in [0.2, 0.25) is 5.91 Å². The number of halogens is 4. The van der Waals surface area contributed by atoms with Gasteiger partial charge in [0, 0.05) is 33.4 Å². The van der Waals surface area contributed by atoms with Crippen molar-refractivity contribution in [3.05, 3.63) is 65.4 Å². The Labute approximate surface area is 160 Å². The molecule has 3 rings (SSSR count). The Kier molecular flexibility index (Phi) is 5.41. The van der Waals surface area contributed by atoms with E-state index in [4.69, 9.17) is 0 Å². The first-order valence-electron chi connectivity index (χ1n) is 7.64. The fourth-order valence-electron chi connectivity index (χ4n) is 2.29. The Balaban J connectivity index is 1.87. The molecule has 0 saturated heterocycles. The van der Waals surface area contributed by atoms with E-state index >= 15 is 0 Å². The van der Waals surface area contributed by atoms with E-state index in [0.717, 1.165) is 10.2 Å². The van der Waals surface area contributed by atoms with Gasteiger partial charge in [0.25, 0.3) is 0 Å². The van der Waals surface area contributed by atoms with Gasteiger partial charge in [0.1, 0.15) is 12.1 Å². The minimum Gasteiger partial charge on any atom is -0.340 e. The molecule has 0 saturated carbocycles. The number of allylic oxidation sites excluding steroid dienone is 1. The van der Waals surface area contributed by atoms with E-state index in [9.17, 15) is 18.0 Å². The summed E-state index contributed by atoms with van der Waals surface area (Å²) in [7, 11) is 0. The van der Waals surface area contributed by atoms with Crippen LogP contribution in [0, 0.1) is 0 Å². The summed E-state index contributed by atoms with van der Waals surface area (Å²) in [4.78, 5) is 20.0. The second kappa shape index (κ2) is 7.75. The molecular weight excluding hydrogens is 425 g/mol. The van der Waals surface area contributed by atoms with Crippen molar-refractivity contribution >= 4 is 49.9 Å². The quantitative estimate of drug-likeness (QED) is 0.552. The normalized spacial score (nSPS) is 11.7. The van der Waals surface area contributed by atoms with Crippen LogP contribution in [0.25, 0.3) is 10.9 Å². The average Bonchev–Trinajstić information content (AvgIpc) is 2.60. The summed E-state index contributed by atoms with van der Waals surface area (Å²) < 4.78 is 37.4. The van der Waals surface area contributed by atoms with Gasteiger partial charge >= 0.3 is 6.18 Å². The molecule has 138 valence electrons. The third kappa shape index (κ3) is 5.27. The van der Waals surface area contributed by atoms with Crippen molar-refractivity contribution in [1.82, 2.24) is 9.97 Å². The number of benzene rings is 2. The molecular formula is C18H12BrF3N4O. The molecule has 9 heteroatoms. The number of carbonyl (C=O) groups excluding carboxylic acids is 1. The number of rotatable bonds is 4. The van der Waals surface area contributed by atoms with Crippen molar-refractivity contribution in [2.24, 2.45) is 0 Å². The zero-order valence-electron chi connectivity index (χ0n) is 13.6.